The molecular formula is C24H25N3O2. The van der Waals surface area contributed by atoms with Crippen molar-refractivity contribution in [1.82, 2.24) is 10.6 Å². The van der Waals surface area contributed by atoms with Crippen LogP contribution in [0.2, 0.25) is 0 Å². The summed E-state index contributed by atoms with van der Waals surface area (Å²) in [5.74, 6) is -0.190. The van der Waals surface area contributed by atoms with Gasteiger partial charge in [-0.3, -0.25) is 9.59 Å². The van der Waals surface area contributed by atoms with Crippen molar-refractivity contribution in [2.45, 2.75) is 13.0 Å². The van der Waals surface area contributed by atoms with Crippen LogP contribution in [0.25, 0.3) is 0 Å². The molecule has 2 amide bonds. The summed E-state index contributed by atoms with van der Waals surface area (Å²) in [6, 6.07) is 26.9. The summed E-state index contributed by atoms with van der Waals surface area (Å²) >= 11 is 0. The number of hydrogen-bond donors (Lipinski definition) is 3. The summed E-state index contributed by atoms with van der Waals surface area (Å²) in [6.45, 7) is 1.28. The number of anilines is 1. The molecule has 0 heterocycles. The van der Waals surface area contributed by atoms with E-state index < -0.39 is 0 Å². The predicted octanol–water partition coefficient (Wildman–Crippen LogP) is 3.39. The van der Waals surface area contributed by atoms with Crippen molar-refractivity contribution in [3.63, 3.8) is 0 Å². The van der Waals surface area contributed by atoms with Crippen LogP contribution >= 0.6 is 0 Å². The molecule has 3 aromatic carbocycles. The Balaban J connectivity index is 1.38. The van der Waals surface area contributed by atoms with E-state index in [-0.39, 0.29) is 18.4 Å². The minimum atomic E-state index is -0.126. The summed E-state index contributed by atoms with van der Waals surface area (Å²) in [7, 11) is 0. The van der Waals surface area contributed by atoms with Gasteiger partial charge in [-0.1, -0.05) is 60.7 Å². The van der Waals surface area contributed by atoms with Crippen molar-refractivity contribution in [2.75, 3.05) is 18.4 Å². The van der Waals surface area contributed by atoms with Crippen molar-refractivity contribution < 1.29 is 9.59 Å². The molecule has 0 saturated carbocycles. The number of carbonyl (C=O) groups excluding carboxylic acids is 2. The maximum absolute atomic E-state index is 12.2. The molecule has 0 atom stereocenters. The Bertz CT molecular complexity index is 910. The monoisotopic (exact) mass is 387 g/mol. The Morgan fingerprint density at radius 3 is 1.97 bits per heavy atom. The van der Waals surface area contributed by atoms with Gasteiger partial charge in [0, 0.05) is 24.3 Å². The second-order valence-corrected chi connectivity index (χ2v) is 6.68. The van der Waals surface area contributed by atoms with Crippen molar-refractivity contribution in [2.24, 2.45) is 0 Å². The standard InChI is InChI=1S/C24H25N3O2/c28-23(25-16-15-19-7-3-1-4-8-19)18-26-22-13-11-21(12-14-22)24(29)27-17-20-9-5-2-6-10-20/h1-14,26H,15-18H2,(H,25,28)(H,27,29). The smallest absolute Gasteiger partial charge is 0.251 e. The largest absolute Gasteiger partial charge is 0.376 e. The zero-order valence-electron chi connectivity index (χ0n) is 16.2. The van der Waals surface area contributed by atoms with Gasteiger partial charge < -0.3 is 16.0 Å². The number of carbonyl (C=O) groups is 2. The third kappa shape index (κ3) is 6.81. The van der Waals surface area contributed by atoms with Crippen LogP contribution < -0.4 is 16.0 Å². The molecule has 0 bridgehead atoms. The van der Waals surface area contributed by atoms with Crippen molar-refractivity contribution in [1.29, 1.82) is 0 Å². The predicted molar refractivity (Wildman–Crippen MR) is 116 cm³/mol. The van der Waals surface area contributed by atoms with Crippen molar-refractivity contribution >= 4 is 17.5 Å². The Hall–Kier alpha value is -3.60. The van der Waals surface area contributed by atoms with Crippen LogP contribution in [-0.4, -0.2) is 24.9 Å². The Kier molecular flexibility index (Phi) is 7.41. The summed E-state index contributed by atoms with van der Waals surface area (Å²) < 4.78 is 0. The van der Waals surface area contributed by atoms with E-state index >= 15 is 0 Å². The molecule has 0 radical (unpaired) electrons. The van der Waals surface area contributed by atoms with Gasteiger partial charge in [-0.05, 0) is 41.8 Å². The quantitative estimate of drug-likeness (QED) is 0.527. The molecule has 0 aliphatic heterocycles. The van der Waals surface area contributed by atoms with Crippen LogP contribution in [0.4, 0.5) is 5.69 Å². The highest BCUT2D eigenvalue weighted by Gasteiger charge is 2.06. The first-order valence-corrected chi connectivity index (χ1v) is 9.67. The van der Waals surface area contributed by atoms with Crippen LogP contribution in [-0.2, 0) is 17.8 Å². The molecule has 0 unspecified atom stereocenters. The average Bonchev–Trinajstić information content (AvgIpc) is 2.78. The first kappa shape index (κ1) is 20.1. The minimum Gasteiger partial charge on any atom is -0.376 e. The molecule has 5 heteroatoms. The Labute approximate surface area is 171 Å². The summed E-state index contributed by atoms with van der Waals surface area (Å²) in [5.41, 5.74) is 3.63. The molecule has 29 heavy (non-hydrogen) atoms. The number of nitrogens with one attached hydrogen (secondary N) is 3. The Morgan fingerprint density at radius 1 is 0.690 bits per heavy atom. The van der Waals surface area contributed by atoms with Crippen LogP contribution in [0.3, 0.4) is 0 Å². The Morgan fingerprint density at radius 2 is 1.31 bits per heavy atom. The maximum Gasteiger partial charge on any atom is 0.251 e. The summed E-state index contributed by atoms with van der Waals surface area (Å²) in [6.07, 6.45) is 0.805. The van der Waals surface area contributed by atoms with E-state index in [9.17, 15) is 9.59 Å². The molecule has 0 aliphatic rings. The van der Waals surface area contributed by atoms with Crippen LogP contribution in [0.1, 0.15) is 21.5 Å². The lowest BCUT2D eigenvalue weighted by atomic mass is 10.1. The fraction of sp³-hybridized carbons (Fsp3) is 0.167. The lowest BCUT2D eigenvalue weighted by Crippen LogP contribution is -2.31. The second kappa shape index (κ2) is 10.7. The van der Waals surface area contributed by atoms with E-state index in [0.717, 1.165) is 17.7 Å². The molecule has 0 spiro atoms. The second-order valence-electron chi connectivity index (χ2n) is 6.68. The van der Waals surface area contributed by atoms with E-state index in [0.29, 0.717) is 18.7 Å². The topological polar surface area (TPSA) is 70.2 Å². The zero-order chi connectivity index (χ0) is 20.3. The normalized spacial score (nSPS) is 10.2. The van der Waals surface area contributed by atoms with E-state index in [2.05, 4.69) is 16.0 Å². The molecule has 3 N–H and O–H groups in total. The zero-order valence-corrected chi connectivity index (χ0v) is 16.2. The van der Waals surface area contributed by atoms with Gasteiger partial charge in [0.2, 0.25) is 5.91 Å². The van der Waals surface area contributed by atoms with Gasteiger partial charge in [-0.25, -0.2) is 0 Å². The van der Waals surface area contributed by atoms with E-state index in [1.165, 1.54) is 5.56 Å². The molecule has 0 aliphatic carbocycles. The maximum atomic E-state index is 12.2. The lowest BCUT2D eigenvalue weighted by molar-refractivity contribution is -0.119. The van der Waals surface area contributed by atoms with Gasteiger partial charge in [0.05, 0.1) is 6.54 Å². The van der Waals surface area contributed by atoms with Crippen LogP contribution in [0, 0.1) is 0 Å². The van der Waals surface area contributed by atoms with E-state index in [1.54, 1.807) is 24.3 Å². The SMILES string of the molecule is O=C(CNc1ccc(C(=O)NCc2ccccc2)cc1)NCCc1ccccc1. The van der Waals surface area contributed by atoms with E-state index in [1.807, 2.05) is 60.7 Å². The van der Waals surface area contributed by atoms with Gasteiger partial charge in [-0.2, -0.15) is 0 Å². The van der Waals surface area contributed by atoms with Crippen LogP contribution in [0.15, 0.2) is 84.9 Å². The first-order valence-electron chi connectivity index (χ1n) is 9.67. The summed E-state index contributed by atoms with van der Waals surface area (Å²) in [4.78, 5) is 24.2. The number of benzene rings is 3. The minimum absolute atomic E-state index is 0.0642. The third-order valence-electron chi connectivity index (χ3n) is 4.47. The van der Waals surface area contributed by atoms with Gasteiger partial charge in [-0.15, -0.1) is 0 Å². The fourth-order valence-corrected chi connectivity index (χ4v) is 2.86. The van der Waals surface area contributed by atoms with Gasteiger partial charge in [0.15, 0.2) is 0 Å². The molecular weight excluding hydrogens is 362 g/mol. The summed E-state index contributed by atoms with van der Waals surface area (Å²) in [5, 5.41) is 8.87. The van der Waals surface area contributed by atoms with Crippen LogP contribution in [0.5, 0.6) is 0 Å². The highest BCUT2D eigenvalue weighted by Crippen LogP contribution is 2.09. The molecule has 3 aromatic rings. The van der Waals surface area contributed by atoms with Gasteiger partial charge >= 0.3 is 0 Å². The molecule has 0 saturated heterocycles. The average molecular weight is 387 g/mol. The molecule has 0 aromatic heterocycles. The molecule has 148 valence electrons. The number of rotatable bonds is 9. The number of hydrogen-bond acceptors (Lipinski definition) is 3. The van der Waals surface area contributed by atoms with Gasteiger partial charge in [0.25, 0.3) is 5.91 Å². The molecule has 0 fully saturated rings. The molecule has 5 nitrogen and oxygen atoms in total. The van der Waals surface area contributed by atoms with Gasteiger partial charge in [0.1, 0.15) is 0 Å². The highest BCUT2D eigenvalue weighted by molar-refractivity contribution is 5.94. The van der Waals surface area contributed by atoms with Crippen molar-refractivity contribution in [3.8, 4) is 0 Å². The van der Waals surface area contributed by atoms with Crippen molar-refractivity contribution in [3.05, 3.63) is 102 Å². The third-order valence-corrected chi connectivity index (χ3v) is 4.47. The lowest BCUT2D eigenvalue weighted by Gasteiger charge is -2.09. The van der Waals surface area contributed by atoms with E-state index in [4.69, 9.17) is 0 Å². The highest BCUT2D eigenvalue weighted by atomic mass is 16.2. The number of amides is 2. The first-order chi connectivity index (χ1) is 14.2. The fourth-order valence-electron chi connectivity index (χ4n) is 2.86. The molecule has 3 rings (SSSR count).